The van der Waals surface area contributed by atoms with Gasteiger partial charge in [0.25, 0.3) is 0 Å². The number of hydrogen-bond acceptors (Lipinski definition) is 3. The monoisotopic (exact) mass is 321 g/mol. The normalized spacial score (nSPS) is 10.2. The lowest BCUT2D eigenvalue weighted by Crippen LogP contribution is -2.05. The zero-order valence-corrected chi connectivity index (χ0v) is 11.6. The highest BCUT2D eigenvalue weighted by Gasteiger charge is 2.11. The van der Waals surface area contributed by atoms with Crippen LogP contribution in [0.15, 0.2) is 46.9 Å². The van der Waals surface area contributed by atoms with Crippen molar-refractivity contribution in [2.45, 2.75) is 6.61 Å². The predicted molar refractivity (Wildman–Crippen MR) is 76.3 cm³/mol. The summed E-state index contributed by atoms with van der Waals surface area (Å²) in [7, 11) is 0. The van der Waals surface area contributed by atoms with Gasteiger partial charge in [-0.15, -0.1) is 0 Å². The van der Waals surface area contributed by atoms with Crippen molar-refractivity contribution in [3.05, 3.63) is 58.1 Å². The number of carbonyl (C=O) groups is 1. The highest BCUT2D eigenvalue weighted by molar-refractivity contribution is 9.10. The van der Waals surface area contributed by atoms with Crippen molar-refractivity contribution in [1.29, 1.82) is 0 Å². The van der Waals surface area contributed by atoms with Gasteiger partial charge in [0.15, 0.2) is 0 Å². The fourth-order valence-corrected chi connectivity index (χ4v) is 2.09. The second-order valence-electron chi connectivity index (χ2n) is 3.94. The molecule has 3 N–H and O–H groups in total. The molecule has 0 aliphatic heterocycles. The first kappa shape index (κ1) is 13.4. The van der Waals surface area contributed by atoms with Crippen molar-refractivity contribution in [2.24, 2.45) is 0 Å². The lowest BCUT2D eigenvalue weighted by Gasteiger charge is -2.10. The van der Waals surface area contributed by atoms with Gasteiger partial charge >= 0.3 is 5.97 Å². The van der Waals surface area contributed by atoms with E-state index in [9.17, 15) is 4.79 Å². The third-order valence-electron chi connectivity index (χ3n) is 2.58. The molecule has 0 heterocycles. The summed E-state index contributed by atoms with van der Waals surface area (Å²) in [4.78, 5) is 11.0. The summed E-state index contributed by atoms with van der Waals surface area (Å²) in [5.74, 6) is -0.690. The molecule has 0 saturated heterocycles. The third-order valence-corrected chi connectivity index (χ3v) is 3.07. The Hall–Kier alpha value is -2.01. The van der Waals surface area contributed by atoms with E-state index in [2.05, 4.69) is 15.9 Å². The van der Waals surface area contributed by atoms with Gasteiger partial charge in [-0.25, -0.2) is 4.79 Å². The van der Waals surface area contributed by atoms with E-state index in [0.29, 0.717) is 12.4 Å². The van der Waals surface area contributed by atoms with E-state index < -0.39 is 5.97 Å². The van der Waals surface area contributed by atoms with Gasteiger partial charge in [-0.05, 0) is 29.8 Å². The number of halogens is 1. The van der Waals surface area contributed by atoms with Crippen molar-refractivity contribution < 1.29 is 14.6 Å². The summed E-state index contributed by atoms with van der Waals surface area (Å²) in [6, 6.07) is 12.4. The van der Waals surface area contributed by atoms with Crippen molar-refractivity contribution >= 4 is 27.6 Å². The number of ether oxygens (including phenoxy) is 1. The molecule has 0 fully saturated rings. The highest BCUT2D eigenvalue weighted by Crippen LogP contribution is 2.26. The smallest absolute Gasteiger partial charge is 0.337 e. The number of para-hydroxylation sites is 1. The summed E-state index contributed by atoms with van der Waals surface area (Å²) >= 11 is 3.38. The summed E-state index contributed by atoms with van der Waals surface area (Å²) in [6.45, 7) is 0.326. The zero-order valence-electron chi connectivity index (χ0n) is 9.97. The van der Waals surface area contributed by atoms with Crippen LogP contribution in [0.25, 0.3) is 0 Å². The van der Waals surface area contributed by atoms with Crippen LogP contribution in [0.1, 0.15) is 15.9 Å². The molecular weight excluding hydrogens is 310 g/mol. The second-order valence-corrected chi connectivity index (χ2v) is 4.86. The fourth-order valence-electron chi connectivity index (χ4n) is 1.64. The Bertz CT molecular complexity index is 613. The van der Waals surface area contributed by atoms with Crippen LogP contribution in [0, 0.1) is 0 Å². The van der Waals surface area contributed by atoms with E-state index in [4.69, 9.17) is 15.6 Å². The van der Waals surface area contributed by atoms with Crippen molar-refractivity contribution in [1.82, 2.24) is 0 Å². The average molecular weight is 322 g/mol. The standard InChI is InChI=1S/C14H12BrNO3/c15-10-4-1-3-9(7-10)8-19-12-6-2-5-11(13(12)16)14(17)18/h1-7H,8,16H2,(H,17,18). The predicted octanol–water partition coefficient (Wildman–Crippen LogP) is 3.31. The Morgan fingerprint density at radius 1 is 1.26 bits per heavy atom. The molecule has 0 aliphatic rings. The molecular formula is C14H12BrNO3. The molecule has 0 unspecified atom stereocenters. The summed E-state index contributed by atoms with van der Waals surface area (Å²) in [5.41, 5.74) is 6.92. The second kappa shape index (κ2) is 5.75. The van der Waals surface area contributed by atoms with Crippen molar-refractivity contribution in [2.75, 3.05) is 5.73 Å². The van der Waals surface area contributed by atoms with Gasteiger partial charge in [0.05, 0.1) is 11.3 Å². The molecule has 2 aromatic rings. The van der Waals surface area contributed by atoms with Gasteiger partial charge in [-0.3, -0.25) is 0 Å². The molecule has 0 saturated carbocycles. The van der Waals surface area contributed by atoms with Crippen molar-refractivity contribution in [3.63, 3.8) is 0 Å². The molecule has 0 aliphatic carbocycles. The minimum absolute atomic E-state index is 0.0479. The number of anilines is 1. The van der Waals surface area contributed by atoms with E-state index in [1.165, 1.54) is 6.07 Å². The van der Waals surface area contributed by atoms with Gasteiger partial charge in [-0.2, -0.15) is 0 Å². The molecule has 0 aromatic heterocycles. The van der Waals surface area contributed by atoms with Gasteiger partial charge in [0.1, 0.15) is 12.4 Å². The van der Waals surface area contributed by atoms with Crippen molar-refractivity contribution in [3.8, 4) is 5.75 Å². The average Bonchev–Trinajstić information content (AvgIpc) is 2.37. The van der Waals surface area contributed by atoms with Crippen LogP contribution in [0.3, 0.4) is 0 Å². The minimum Gasteiger partial charge on any atom is -0.487 e. The number of hydrogen-bond donors (Lipinski definition) is 2. The number of aromatic carboxylic acids is 1. The summed E-state index contributed by atoms with van der Waals surface area (Å²) < 4.78 is 6.52. The van der Waals surface area contributed by atoms with Gasteiger partial charge in [0, 0.05) is 4.47 Å². The van der Waals surface area contributed by atoms with Crippen LogP contribution >= 0.6 is 15.9 Å². The molecule has 98 valence electrons. The number of carboxylic acid groups (broad SMARTS) is 1. The van der Waals surface area contributed by atoms with Gasteiger partial charge < -0.3 is 15.6 Å². The Morgan fingerprint density at radius 2 is 2.00 bits per heavy atom. The molecule has 4 nitrogen and oxygen atoms in total. The molecule has 2 aromatic carbocycles. The first-order valence-electron chi connectivity index (χ1n) is 5.57. The lowest BCUT2D eigenvalue weighted by molar-refractivity contribution is 0.0697. The maximum absolute atomic E-state index is 11.0. The van der Waals surface area contributed by atoms with Gasteiger partial charge in [0.2, 0.25) is 0 Å². The first-order chi connectivity index (χ1) is 9.08. The molecule has 5 heteroatoms. The van der Waals surface area contributed by atoms with Crippen LogP contribution < -0.4 is 10.5 Å². The highest BCUT2D eigenvalue weighted by atomic mass is 79.9. The van der Waals surface area contributed by atoms with Crippen LogP contribution in [0.2, 0.25) is 0 Å². The molecule has 2 rings (SSSR count). The lowest BCUT2D eigenvalue weighted by atomic mass is 10.1. The van der Waals surface area contributed by atoms with E-state index in [-0.39, 0.29) is 11.3 Å². The Labute approximate surface area is 118 Å². The molecule has 0 amide bonds. The van der Waals surface area contributed by atoms with E-state index in [1.807, 2.05) is 24.3 Å². The maximum atomic E-state index is 11.0. The zero-order chi connectivity index (χ0) is 13.8. The van der Waals surface area contributed by atoms with E-state index >= 15 is 0 Å². The minimum atomic E-state index is -1.06. The molecule has 0 bridgehead atoms. The number of rotatable bonds is 4. The Kier molecular flexibility index (Phi) is 4.06. The third kappa shape index (κ3) is 3.26. The number of nitrogens with two attached hydrogens (primary N) is 1. The number of benzene rings is 2. The van der Waals surface area contributed by atoms with E-state index in [1.54, 1.807) is 12.1 Å². The van der Waals surface area contributed by atoms with Crippen LogP contribution in [0.4, 0.5) is 5.69 Å². The van der Waals surface area contributed by atoms with Crippen LogP contribution in [-0.4, -0.2) is 11.1 Å². The Balaban J connectivity index is 2.16. The quantitative estimate of drug-likeness (QED) is 0.847. The first-order valence-corrected chi connectivity index (χ1v) is 6.36. The maximum Gasteiger partial charge on any atom is 0.337 e. The number of nitrogen functional groups attached to an aromatic ring is 1. The Morgan fingerprint density at radius 3 is 2.68 bits per heavy atom. The summed E-state index contributed by atoms with van der Waals surface area (Å²) in [5, 5.41) is 8.97. The number of carboxylic acids is 1. The van der Waals surface area contributed by atoms with Crippen LogP contribution in [0.5, 0.6) is 5.75 Å². The molecule has 19 heavy (non-hydrogen) atoms. The van der Waals surface area contributed by atoms with Gasteiger partial charge in [-0.1, -0.05) is 34.1 Å². The molecule has 0 radical (unpaired) electrons. The summed E-state index contributed by atoms with van der Waals surface area (Å²) in [6.07, 6.45) is 0. The largest absolute Gasteiger partial charge is 0.487 e. The van der Waals surface area contributed by atoms with E-state index in [0.717, 1.165) is 10.0 Å². The SMILES string of the molecule is Nc1c(OCc2cccc(Br)c2)cccc1C(=O)O. The fraction of sp³-hybridized carbons (Fsp3) is 0.0714. The topological polar surface area (TPSA) is 72.5 Å². The molecule has 0 atom stereocenters. The molecule has 0 spiro atoms. The van der Waals surface area contributed by atoms with Crippen LogP contribution in [-0.2, 0) is 6.61 Å².